The van der Waals surface area contributed by atoms with Gasteiger partial charge in [0.1, 0.15) is 11.6 Å². The summed E-state index contributed by atoms with van der Waals surface area (Å²) < 4.78 is 4.99. The summed E-state index contributed by atoms with van der Waals surface area (Å²) >= 11 is 0. The Hall–Kier alpha value is -1.63. The molecule has 0 radical (unpaired) electrons. The molecule has 2 amide bonds. The second-order valence-electron chi connectivity index (χ2n) is 4.57. The molecule has 0 aromatic heterocycles. The number of nitrogens with one attached hydrogen (secondary N) is 2. The van der Waals surface area contributed by atoms with Gasteiger partial charge in [-0.15, -0.1) is 0 Å². The van der Waals surface area contributed by atoms with Crippen LogP contribution in [-0.2, 0) is 19.1 Å². The van der Waals surface area contributed by atoms with E-state index in [0.29, 0.717) is 0 Å². The lowest BCUT2D eigenvalue weighted by Crippen LogP contribution is -2.45. The number of amides is 2. The highest BCUT2D eigenvalue weighted by Gasteiger charge is 2.24. The molecule has 0 saturated carbocycles. The second-order valence-corrected chi connectivity index (χ2v) is 4.57. The van der Waals surface area contributed by atoms with Crippen molar-refractivity contribution in [3.8, 4) is 0 Å². The number of esters is 1. The monoisotopic (exact) mass is 245 g/mol. The molecule has 17 heavy (non-hydrogen) atoms. The van der Waals surface area contributed by atoms with E-state index >= 15 is 0 Å². The molecule has 0 rings (SSSR count). The number of nitrogens with two attached hydrogens (primary N) is 1. The topological polar surface area (TPSA) is 111 Å². The van der Waals surface area contributed by atoms with Crippen molar-refractivity contribution in [1.82, 2.24) is 10.9 Å². The summed E-state index contributed by atoms with van der Waals surface area (Å²) in [7, 11) is 0. The largest absolute Gasteiger partial charge is 0.459 e. The minimum atomic E-state index is -1.05. The van der Waals surface area contributed by atoms with Crippen LogP contribution in [0.2, 0.25) is 0 Å². The van der Waals surface area contributed by atoms with Crippen LogP contribution in [0.5, 0.6) is 0 Å². The van der Waals surface area contributed by atoms with Gasteiger partial charge in [0.2, 0.25) is 11.8 Å². The van der Waals surface area contributed by atoms with Gasteiger partial charge in [-0.25, -0.2) is 0 Å². The summed E-state index contributed by atoms with van der Waals surface area (Å²) in [5.41, 5.74) is 9.03. The minimum absolute atomic E-state index is 0.255. The van der Waals surface area contributed by atoms with Gasteiger partial charge >= 0.3 is 5.97 Å². The van der Waals surface area contributed by atoms with Crippen molar-refractivity contribution in [3.63, 3.8) is 0 Å². The number of rotatable bonds is 3. The van der Waals surface area contributed by atoms with Crippen molar-refractivity contribution in [2.45, 2.75) is 45.8 Å². The van der Waals surface area contributed by atoms with Gasteiger partial charge in [0.25, 0.3) is 0 Å². The van der Waals surface area contributed by atoms with Crippen LogP contribution >= 0.6 is 0 Å². The summed E-state index contributed by atoms with van der Waals surface area (Å²) in [6, 6.07) is -1.05. The van der Waals surface area contributed by atoms with Gasteiger partial charge < -0.3 is 10.5 Å². The van der Waals surface area contributed by atoms with E-state index in [1.54, 1.807) is 20.8 Å². The molecule has 7 nitrogen and oxygen atoms in total. The highest BCUT2D eigenvalue weighted by Crippen LogP contribution is 2.08. The van der Waals surface area contributed by atoms with Crippen LogP contribution < -0.4 is 16.6 Å². The van der Waals surface area contributed by atoms with E-state index in [4.69, 9.17) is 10.5 Å². The van der Waals surface area contributed by atoms with Gasteiger partial charge in [-0.05, 0) is 20.8 Å². The smallest absolute Gasteiger partial charge is 0.323 e. The fraction of sp³-hybridized carbons (Fsp3) is 0.700. The Morgan fingerprint density at radius 1 is 1.24 bits per heavy atom. The minimum Gasteiger partial charge on any atom is -0.459 e. The zero-order valence-electron chi connectivity index (χ0n) is 10.5. The SMILES string of the molecule is CC(=O)NNC(=O)C[C@H](N)C(=O)OC(C)(C)C. The molecule has 4 N–H and O–H groups in total. The van der Waals surface area contributed by atoms with Crippen molar-refractivity contribution < 1.29 is 19.1 Å². The molecule has 0 bridgehead atoms. The average Bonchev–Trinajstić information content (AvgIpc) is 2.11. The number of carbonyl (C=O) groups excluding carboxylic acids is 3. The van der Waals surface area contributed by atoms with Crippen LogP contribution in [0, 0.1) is 0 Å². The third-order valence-corrected chi connectivity index (χ3v) is 1.49. The Morgan fingerprint density at radius 2 is 1.76 bits per heavy atom. The Kier molecular flexibility index (Phi) is 5.60. The predicted molar refractivity (Wildman–Crippen MR) is 60.4 cm³/mol. The lowest BCUT2D eigenvalue weighted by atomic mass is 10.1. The van der Waals surface area contributed by atoms with Gasteiger partial charge in [-0.2, -0.15) is 0 Å². The van der Waals surface area contributed by atoms with E-state index in [-0.39, 0.29) is 6.42 Å². The Balaban J connectivity index is 4.08. The van der Waals surface area contributed by atoms with Crippen LogP contribution in [-0.4, -0.2) is 29.4 Å². The zero-order chi connectivity index (χ0) is 13.6. The van der Waals surface area contributed by atoms with Crippen LogP contribution in [0.3, 0.4) is 0 Å². The molecule has 0 aromatic rings. The van der Waals surface area contributed by atoms with Gasteiger partial charge in [0.05, 0.1) is 6.42 Å². The first-order valence-corrected chi connectivity index (χ1v) is 5.15. The number of hydrogen-bond donors (Lipinski definition) is 3. The molecule has 98 valence electrons. The average molecular weight is 245 g/mol. The quantitative estimate of drug-likeness (QED) is 0.446. The first-order chi connectivity index (χ1) is 7.61. The number of hydrazine groups is 1. The maximum Gasteiger partial charge on any atom is 0.323 e. The maximum atomic E-state index is 11.4. The molecule has 1 atom stereocenters. The summed E-state index contributed by atoms with van der Waals surface area (Å²) in [5, 5.41) is 0. The Labute approximate surface area is 100 Å². The van der Waals surface area contributed by atoms with Crippen LogP contribution in [0.15, 0.2) is 0 Å². The first kappa shape index (κ1) is 15.4. The van der Waals surface area contributed by atoms with E-state index in [0.717, 1.165) is 0 Å². The summed E-state index contributed by atoms with van der Waals surface area (Å²) in [4.78, 5) is 33.1. The summed E-state index contributed by atoms with van der Waals surface area (Å²) in [6.07, 6.45) is -0.255. The normalized spacial score (nSPS) is 12.5. The van der Waals surface area contributed by atoms with E-state index in [2.05, 4.69) is 10.9 Å². The molecule has 0 aliphatic rings. The van der Waals surface area contributed by atoms with Crippen LogP contribution in [0.4, 0.5) is 0 Å². The van der Waals surface area contributed by atoms with E-state index in [9.17, 15) is 14.4 Å². The summed E-state index contributed by atoms with van der Waals surface area (Å²) in [5.74, 6) is -1.63. The van der Waals surface area contributed by atoms with Crippen molar-refractivity contribution in [1.29, 1.82) is 0 Å². The van der Waals surface area contributed by atoms with Crippen molar-refractivity contribution >= 4 is 17.8 Å². The molecule has 0 saturated heterocycles. The Bertz CT molecular complexity index is 309. The number of hydrogen-bond acceptors (Lipinski definition) is 5. The van der Waals surface area contributed by atoms with Crippen LogP contribution in [0.25, 0.3) is 0 Å². The second kappa shape index (κ2) is 6.19. The molecule has 0 fully saturated rings. The molecule has 7 heteroatoms. The first-order valence-electron chi connectivity index (χ1n) is 5.15. The summed E-state index contributed by atoms with van der Waals surface area (Å²) in [6.45, 7) is 6.35. The molecule has 0 unspecified atom stereocenters. The van der Waals surface area contributed by atoms with Gasteiger partial charge in [-0.3, -0.25) is 25.2 Å². The molecule has 0 heterocycles. The number of ether oxygens (including phenoxy) is 1. The van der Waals surface area contributed by atoms with Crippen molar-refractivity contribution in [2.24, 2.45) is 5.73 Å². The lowest BCUT2D eigenvalue weighted by molar-refractivity contribution is -0.157. The van der Waals surface area contributed by atoms with Gasteiger partial charge in [0.15, 0.2) is 0 Å². The van der Waals surface area contributed by atoms with E-state index in [1.807, 2.05) is 0 Å². The van der Waals surface area contributed by atoms with Crippen LogP contribution in [0.1, 0.15) is 34.1 Å². The highest BCUT2D eigenvalue weighted by atomic mass is 16.6. The molecular formula is C10H19N3O4. The molecular weight excluding hydrogens is 226 g/mol. The molecule has 0 aliphatic carbocycles. The van der Waals surface area contributed by atoms with E-state index in [1.165, 1.54) is 6.92 Å². The molecule has 0 aliphatic heterocycles. The maximum absolute atomic E-state index is 11.4. The fourth-order valence-corrected chi connectivity index (χ4v) is 0.869. The third-order valence-electron chi connectivity index (χ3n) is 1.49. The van der Waals surface area contributed by atoms with E-state index < -0.39 is 29.4 Å². The third kappa shape index (κ3) is 8.21. The molecule has 0 spiro atoms. The molecule has 0 aromatic carbocycles. The number of carbonyl (C=O) groups is 3. The zero-order valence-corrected chi connectivity index (χ0v) is 10.5. The standard InChI is InChI=1S/C10H19N3O4/c1-6(14)12-13-8(15)5-7(11)9(16)17-10(2,3)4/h7H,5,11H2,1-4H3,(H,12,14)(H,13,15)/t7-/m0/s1. The lowest BCUT2D eigenvalue weighted by Gasteiger charge is -2.21. The van der Waals surface area contributed by atoms with Crippen molar-refractivity contribution in [2.75, 3.05) is 0 Å². The fourth-order valence-electron chi connectivity index (χ4n) is 0.869. The highest BCUT2D eigenvalue weighted by molar-refractivity contribution is 5.86. The van der Waals surface area contributed by atoms with Crippen molar-refractivity contribution in [3.05, 3.63) is 0 Å². The predicted octanol–water partition coefficient (Wildman–Crippen LogP) is -0.787. The van der Waals surface area contributed by atoms with Gasteiger partial charge in [-0.1, -0.05) is 0 Å². The van der Waals surface area contributed by atoms with Gasteiger partial charge in [0, 0.05) is 6.92 Å². The Morgan fingerprint density at radius 3 is 2.18 bits per heavy atom.